The predicted molar refractivity (Wildman–Crippen MR) is 96.3 cm³/mol. The first kappa shape index (κ1) is 22.1. The summed E-state index contributed by atoms with van der Waals surface area (Å²) < 4.78 is 34.4. The SMILES string of the molecule is CC(C)c1cc(S(=O)(=O)[O-])cc(C(C)C)c1N=Cc1ccccc1.[Na+]. The topological polar surface area (TPSA) is 69.6 Å². The molecule has 4 nitrogen and oxygen atoms in total. The molecule has 128 valence electrons. The summed E-state index contributed by atoms with van der Waals surface area (Å²) in [5.74, 6) is 0.0965. The Balaban J connectivity index is 0.00000312. The summed E-state index contributed by atoms with van der Waals surface area (Å²) in [7, 11) is -4.50. The molecule has 0 aliphatic carbocycles. The Morgan fingerprint density at radius 1 is 0.960 bits per heavy atom. The molecule has 0 saturated carbocycles. The van der Waals surface area contributed by atoms with Gasteiger partial charge in [0.1, 0.15) is 10.1 Å². The van der Waals surface area contributed by atoms with Crippen LogP contribution in [0.25, 0.3) is 0 Å². The number of nitrogens with zero attached hydrogens (tertiary/aromatic N) is 1. The van der Waals surface area contributed by atoms with Gasteiger partial charge in [0, 0.05) is 6.21 Å². The quantitative estimate of drug-likeness (QED) is 0.458. The third-order valence-electron chi connectivity index (χ3n) is 3.82. The third kappa shape index (κ3) is 5.76. The largest absolute Gasteiger partial charge is 1.00 e. The van der Waals surface area contributed by atoms with Gasteiger partial charge in [-0.05, 0) is 40.7 Å². The van der Waals surface area contributed by atoms with Gasteiger partial charge in [0.05, 0.1) is 10.6 Å². The number of aliphatic imine (C=N–C) groups is 1. The molecule has 6 heteroatoms. The molecule has 0 heterocycles. The molecule has 0 aliphatic rings. The first-order valence-corrected chi connectivity index (χ1v) is 9.33. The molecule has 0 amide bonds. The minimum atomic E-state index is -4.50. The van der Waals surface area contributed by atoms with Gasteiger partial charge in [0.25, 0.3) is 0 Å². The van der Waals surface area contributed by atoms with E-state index in [1.807, 2.05) is 58.0 Å². The van der Waals surface area contributed by atoms with Crippen molar-refractivity contribution in [3.63, 3.8) is 0 Å². The van der Waals surface area contributed by atoms with E-state index in [4.69, 9.17) is 0 Å². The molecule has 0 aliphatic heterocycles. The second kappa shape index (κ2) is 9.10. The standard InChI is InChI=1S/C19H23NO3S.Na/c1-13(2)17-10-16(24(21,22)23)11-18(14(3)4)19(17)20-12-15-8-6-5-7-9-15;/h5-14H,1-4H3,(H,21,22,23);/q;+1/p-1. The Morgan fingerprint density at radius 2 is 1.44 bits per heavy atom. The van der Waals surface area contributed by atoms with Crippen molar-refractivity contribution in [3.05, 3.63) is 59.2 Å². The summed E-state index contributed by atoms with van der Waals surface area (Å²) in [5.41, 5.74) is 3.24. The number of rotatable bonds is 5. The second-order valence-corrected chi connectivity index (χ2v) is 7.76. The summed E-state index contributed by atoms with van der Waals surface area (Å²) in [6.07, 6.45) is 1.76. The summed E-state index contributed by atoms with van der Waals surface area (Å²) in [5, 5.41) is 0. The normalized spacial score (nSPS) is 12.0. The van der Waals surface area contributed by atoms with Gasteiger partial charge in [-0.25, -0.2) is 8.42 Å². The van der Waals surface area contributed by atoms with Gasteiger partial charge in [-0.2, -0.15) is 0 Å². The van der Waals surface area contributed by atoms with Gasteiger partial charge >= 0.3 is 29.6 Å². The van der Waals surface area contributed by atoms with Gasteiger partial charge in [-0.15, -0.1) is 0 Å². The van der Waals surface area contributed by atoms with Crippen molar-refractivity contribution in [2.24, 2.45) is 4.99 Å². The van der Waals surface area contributed by atoms with E-state index in [1.165, 1.54) is 12.1 Å². The Hall–Kier alpha value is -0.980. The van der Waals surface area contributed by atoms with E-state index in [9.17, 15) is 13.0 Å². The van der Waals surface area contributed by atoms with Crippen molar-refractivity contribution < 1.29 is 42.5 Å². The summed E-state index contributed by atoms with van der Waals surface area (Å²) in [6, 6.07) is 12.6. The molecule has 2 aromatic rings. The minimum Gasteiger partial charge on any atom is -0.744 e. The van der Waals surface area contributed by atoms with Crippen LogP contribution >= 0.6 is 0 Å². The zero-order valence-corrected chi connectivity index (χ0v) is 18.2. The molecule has 25 heavy (non-hydrogen) atoms. The van der Waals surface area contributed by atoms with Crippen molar-refractivity contribution in [2.45, 2.75) is 44.4 Å². The van der Waals surface area contributed by atoms with Crippen LogP contribution in [0.5, 0.6) is 0 Å². The van der Waals surface area contributed by atoms with E-state index < -0.39 is 10.1 Å². The van der Waals surface area contributed by atoms with Crippen molar-refractivity contribution in [3.8, 4) is 0 Å². The van der Waals surface area contributed by atoms with E-state index in [2.05, 4.69) is 4.99 Å². The van der Waals surface area contributed by atoms with Crippen LogP contribution in [0.1, 0.15) is 56.2 Å². The smallest absolute Gasteiger partial charge is 0.744 e. The maximum Gasteiger partial charge on any atom is 1.00 e. The van der Waals surface area contributed by atoms with Crippen LogP contribution in [0.15, 0.2) is 52.4 Å². The first-order chi connectivity index (χ1) is 11.2. The minimum absolute atomic E-state index is 0. The number of benzene rings is 2. The fraction of sp³-hybridized carbons (Fsp3) is 0.316. The monoisotopic (exact) mass is 367 g/mol. The molecule has 0 unspecified atom stereocenters. The molecule has 0 fully saturated rings. The van der Waals surface area contributed by atoms with Crippen molar-refractivity contribution in [1.29, 1.82) is 0 Å². The van der Waals surface area contributed by atoms with E-state index in [0.29, 0.717) is 0 Å². The van der Waals surface area contributed by atoms with Crippen LogP contribution in [-0.2, 0) is 10.1 Å². The van der Waals surface area contributed by atoms with Crippen LogP contribution in [0, 0.1) is 0 Å². The Bertz CT molecular complexity index is 815. The van der Waals surface area contributed by atoms with E-state index in [0.717, 1.165) is 22.4 Å². The van der Waals surface area contributed by atoms with Gasteiger partial charge < -0.3 is 4.55 Å². The van der Waals surface area contributed by atoms with Gasteiger partial charge in [-0.1, -0.05) is 58.0 Å². The van der Waals surface area contributed by atoms with Crippen LogP contribution in [0.3, 0.4) is 0 Å². The molecule has 0 spiro atoms. The van der Waals surface area contributed by atoms with Crippen molar-refractivity contribution in [2.75, 3.05) is 0 Å². The maximum atomic E-state index is 11.5. The summed E-state index contributed by atoms with van der Waals surface area (Å²) in [6.45, 7) is 7.84. The molecule has 0 aromatic heterocycles. The van der Waals surface area contributed by atoms with E-state index in [1.54, 1.807) is 6.21 Å². The van der Waals surface area contributed by atoms with E-state index >= 15 is 0 Å². The molecule has 0 atom stereocenters. The molecule has 0 radical (unpaired) electrons. The Morgan fingerprint density at radius 3 is 1.84 bits per heavy atom. The van der Waals surface area contributed by atoms with E-state index in [-0.39, 0.29) is 46.3 Å². The molecular formula is C19H22NNaO3S. The fourth-order valence-electron chi connectivity index (χ4n) is 2.50. The average Bonchev–Trinajstić information content (AvgIpc) is 2.51. The second-order valence-electron chi connectivity index (χ2n) is 6.38. The summed E-state index contributed by atoms with van der Waals surface area (Å²) >= 11 is 0. The summed E-state index contributed by atoms with van der Waals surface area (Å²) in [4.78, 5) is 4.43. The molecule has 2 aromatic carbocycles. The van der Waals surface area contributed by atoms with Crippen LogP contribution in [0.2, 0.25) is 0 Å². The zero-order chi connectivity index (χ0) is 17.9. The van der Waals surface area contributed by atoms with Crippen LogP contribution in [-0.4, -0.2) is 19.2 Å². The van der Waals surface area contributed by atoms with Crippen molar-refractivity contribution in [1.82, 2.24) is 0 Å². The van der Waals surface area contributed by atoms with Gasteiger partial charge in [-0.3, -0.25) is 4.99 Å². The fourth-order valence-corrected chi connectivity index (χ4v) is 3.05. The van der Waals surface area contributed by atoms with Crippen molar-refractivity contribution >= 4 is 22.0 Å². The zero-order valence-electron chi connectivity index (χ0n) is 15.4. The first-order valence-electron chi connectivity index (χ1n) is 7.93. The predicted octanol–water partition coefficient (Wildman–Crippen LogP) is 1.59. The van der Waals surface area contributed by atoms with Crippen LogP contribution in [0.4, 0.5) is 5.69 Å². The number of hydrogen-bond acceptors (Lipinski definition) is 4. The molecule has 0 saturated heterocycles. The maximum absolute atomic E-state index is 11.5. The molecule has 2 rings (SSSR count). The average molecular weight is 367 g/mol. The third-order valence-corrected chi connectivity index (χ3v) is 4.63. The van der Waals surface area contributed by atoms with Gasteiger partial charge in [0.15, 0.2) is 0 Å². The van der Waals surface area contributed by atoms with Gasteiger partial charge in [0.2, 0.25) is 0 Å². The molecule has 0 bridgehead atoms. The molecular weight excluding hydrogens is 345 g/mol. The van der Waals surface area contributed by atoms with Crippen LogP contribution < -0.4 is 29.6 Å². The molecule has 0 N–H and O–H groups in total. The Labute approximate surface area is 172 Å². The number of hydrogen-bond donors (Lipinski definition) is 0. The Kier molecular flexibility index (Phi) is 8.03.